The van der Waals surface area contributed by atoms with Crippen LogP contribution in [-0.4, -0.2) is 83.7 Å². The second kappa shape index (κ2) is 13.4. The number of fused-ring (bicyclic) bond motifs is 2. The third-order valence-electron chi connectivity index (χ3n) is 9.99. The van der Waals surface area contributed by atoms with Crippen LogP contribution in [0.2, 0.25) is 0 Å². The monoisotopic (exact) mass is 736 g/mol. The molecule has 2 atom stereocenters. The zero-order valence-electron chi connectivity index (χ0n) is 28.1. The second-order valence-corrected chi connectivity index (χ2v) is 15.1. The summed E-state index contributed by atoms with van der Waals surface area (Å²) in [7, 11) is -3.65. The number of rotatable bonds is 9. The number of ketones is 1. The largest absolute Gasteiger partial charge is 0.345 e. The van der Waals surface area contributed by atoms with Gasteiger partial charge in [-0.3, -0.25) is 29.2 Å². The van der Waals surface area contributed by atoms with Crippen molar-refractivity contribution in [1.82, 2.24) is 24.5 Å². The molecule has 53 heavy (non-hydrogen) atoms. The topological polar surface area (TPSA) is 162 Å². The molecule has 5 aromatic rings. The third kappa shape index (κ3) is 6.48. The Kier molecular flexibility index (Phi) is 8.65. The Balaban J connectivity index is 1.01. The van der Waals surface area contributed by atoms with E-state index in [0.29, 0.717) is 36.0 Å². The van der Waals surface area contributed by atoms with Crippen LogP contribution in [-0.2, 0) is 26.3 Å². The van der Waals surface area contributed by atoms with Gasteiger partial charge in [0.15, 0.2) is 13.1 Å². The molecule has 0 saturated carbocycles. The van der Waals surface area contributed by atoms with Crippen molar-refractivity contribution in [2.75, 3.05) is 17.8 Å². The number of pyridine rings is 1. The molecule has 3 aliphatic rings. The van der Waals surface area contributed by atoms with Crippen LogP contribution in [0.3, 0.4) is 0 Å². The van der Waals surface area contributed by atoms with Crippen molar-refractivity contribution in [3.8, 4) is 11.1 Å². The summed E-state index contributed by atoms with van der Waals surface area (Å²) in [5.41, 5.74) is 4.78. The molecule has 3 aromatic carbocycles. The van der Waals surface area contributed by atoms with E-state index < -0.39 is 39.9 Å². The lowest BCUT2D eigenvalue weighted by molar-refractivity contribution is -0.136. The van der Waals surface area contributed by atoms with Crippen LogP contribution in [0.25, 0.3) is 22.2 Å². The molecule has 0 aliphatic carbocycles. The summed E-state index contributed by atoms with van der Waals surface area (Å²) in [6.45, 7) is 0.0300. The minimum atomic E-state index is -4.11. The predicted molar refractivity (Wildman–Crippen MR) is 194 cm³/mol. The van der Waals surface area contributed by atoms with Crippen molar-refractivity contribution in [2.24, 2.45) is 0 Å². The number of H-pyrrole nitrogens is 1. The van der Waals surface area contributed by atoms with Gasteiger partial charge in [-0.05, 0) is 48.2 Å². The molecule has 3 aliphatic heterocycles. The van der Waals surface area contributed by atoms with Crippen molar-refractivity contribution in [1.29, 1.82) is 0 Å². The van der Waals surface area contributed by atoms with Crippen LogP contribution in [0, 0.1) is 5.82 Å². The van der Waals surface area contributed by atoms with Crippen LogP contribution >= 0.6 is 0 Å². The van der Waals surface area contributed by atoms with Gasteiger partial charge in [0.25, 0.3) is 5.91 Å². The number of hydrogen-bond donors (Lipinski definition) is 3. The van der Waals surface area contributed by atoms with E-state index in [1.54, 1.807) is 12.3 Å². The fourth-order valence-corrected chi connectivity index (χ4v) is 8.51. The number of carbonyl (C=O) groups is 4. The van der Waals surface area contributed by atoms with Gasteiger partial charge in [0.1, 0.15) is 23.7 Å². The van der Waals surface area contributed by atoms with Gasteiger partial charge >= 0.3 is 10.2 Å². The van der Waals surface area contributed by atoms with Crippen molar-refractivity contribution in [3.05, 3.63) is 107 Å². The average Bonchev–Trinajstić information content (AvgIpc) is 3.86. The number of aromatic nitrogens is 2. The molecule has 2 saturated heterocycles. The van der Waals surface area contributed by atoms with E-state index in [4.69, 9.17) is 0 Å². The summed E-state index contributed by atoms with van der Waals surface area (Å²) >= 11 is 0. The highest BCUT2D eigenvalue weighted by Crippen LogP contribution is 2.29. The maximum Gasteiger partial charge on any atom is 0.301 e. The molecule has 0 radical (unpaired) electrons. The van der Waals surface area contributed by atoms with Crippen LogP contribution < -0.4 is 21.0 Å². The first-order valence-corrected chi connectivity index (χ1v) is 18.5. The highest BCUT2D eigenvalue weighted by molar-refractivity contribution is 7.90. The number of piperidine rings is 1. The third-order valence-corrected chi connectivity index (χ3v) is 11.5. The van der Waals surface area contributed by atoms with Crippen LogP contribution in [0.1, 0.15) is 51.1 Å². The first-order valence-electron chi connectivity index (χ1n) is 17.0. The summed E-state index contributed by atoms with van der Waals surface area (Å²) in [5.74, 6) is -2.55. The summed E-state index contributed by atoms with van der Waals surface area (Å²) < 4.78 is 57.5. The fraction of sp³-hybridized carbons (Fsp3) is 0.216. The van der Waals surface area contributed by atoms with E-state index in [1.165, 1.54) is 17.2 Å². The minimum absolute atomic E-state index is 0.0136. The number of hydrogen-bond acceptors (Lipinski definition) is 7. The van der Waals surface area contributed by atoms with Crippen molar-refractivity contribution in [2.45, 2.75) is 38.0 Å². The number of carbonyl (C=O) groups excluding carboxylic acids is 4. The molecule has 8 rings (SSSR count). The molecular weight excluding hydrogens is 705 g/mol. The molecule has 1 unspecified atom stereocenters. The number of nitrogens with one attached hydrogen (secondary N) is 3. The Bertz CT molecular complexity index is 2460. The molecule has 16 heteroatoms. The van der Waals surface area contributed by atoms with Gasteiger partial charge in [-0.1, -0.05) is 53.4 Å². The smallest absolute Gasteiger partial charge is 0.301 e. The van der Waals surface area contributed by atoms with E-state index in [-0.39, 0.29) is 61.0 Å². The Morgan fingerprint density at radius 1 is 0.981 bits per heavy atom. The molecule has 3 amide bonds. The SMILES string of the molecule is O=C1CCC(N2Cc3cccc(Bc4ccc(-c5cnc6[nH]cc(C(=O)c7cc(NS(=O)(=O)N8CC[C@@H](F)C8)ccc7F)c6c5)cc4)c3C2=O)C(=O)N1. The zero-order chi connectivity index (χ0) is 37.0. The van der Waals surface area contributed by atoms with E-state index in [1.807, 2.05) is 42.5 Å². The lowest BCUT2D eigenvalue weighted by Gasteiger charge is -2.29. The molecule has 3 N–H and O–H groups in total. The van der Waals surface area contributed by atoms with E-state index in [2.05, 4.69) is 20.0 Å². The highest BCUT2D eigenvalue weighted by atomic mass is 32.2. The van der Waals surface area contributed by atoms with Crippen molar-refractivity contribution < 1.29 is 36.4 Å². The minimum Gasteiger partial charge on any atom is -0.345 e. The van der Waals surface area contributed by atoms with Crippen LogP contribution in [0.4, 0.5) is 14.5 Å². The van der Waals surface area contributed by atoms with E-state index >= 15 is 4.39 Å². The lowest BCUT2D eigenvalue weighted by atomic mass is 9.62. The average molecular weight is 737 g/mol. The number of amides is 3. The highest BCUT2D eigenvalue weighted by Gasteiger charge is 2.40. The van der Waals surface area contributed by atoms with Gasteiger partial charge in [0.2, 0.25) is 11.8 Å². The molecule has 0 spiro atoms. The standard InChI is InChI=1S/C37H31BF2N6O6S/c39-24-12-13-45(19-24)53(51,52)44-25-8-9-30(40)27(15-25)34(48)28-17-42-35-26(28)14-22(16-41-35)20-4-6-23(7-5-20)38-29-3-1-2-21-18-46(37(50)33(21)29)31-10-11-32(47)43-36(31)49/h1-9,14-17,24,31,38,44H,10-13,18-19H2,(H,41,42)(H,43,47,49)/t24-,31?/m1/s1. The molecule has 2 fully saturated rings. The summed E-state index contributed by atoms with van der Waals surface area (Å²) in [6.07, 6.45) is 2.36. The van der Waals surface area contributed by atoms with Gasteiger partial charge in [-0.25, -0.2) is 13.8 Å². The summed E-state index contributed by atoms with van der Waals surface area (Å²) in [4.78, 5) is 60.3. The number of halogens is 2. The Labute approximate surface area is 303 Å². The summed E-state index contributed by atoms with van der Waals surface area (Å²) in [5, 5.41) is 2.77. The first kappa shape index (κ1) is 34.4. The fourth-order valence-electron chi connectivity index (χ4n) is 7.25. The van der Waals surface area contributed by atoms with Gasteiger partial charge in [-0.2, -0.15) is 12.7 Å². The Morgan fingerprint density at radius 3 is 2.55 bits per heavy atom. The molecule has 0 bridgehead atoms. The van der Waals surface area contributed by atoms with Gasteiger partial charge in [-0.15, -0.1) is 0 Å². The van der Waals surface area contributed by atoms with Crippen molar-refractivity contribution >= 4 is 68.6 Å². The van der Waals surface area contributed by atoms with Gasteiger partial charge in [0, 0.05) is 60.5 Å². The van der Waals surface area contributed by atoms with E-state index in [9.17, 15) is 32.0 Å². The second-order valence-electron chi connectivity index (χ2n) is 13.4. The number of benzene rings is 3. The molecule has 268 valence electrons. The number of imide groups is 1. The quantitative estimate of drug-likeness (QED) is 0.119. The normalized spacial score (nSPS) is 19.1. The van der Waals surface area contributed by atoms with E-state index in [0.717, 1.165) is 38.5 Å². The predicted octanol–water partition coefficient (Wildman–Crippen LogP) is 2.45. The van der Waals surface area contributed by atoms with Gasteiger partial charge < -0.3 is 9.88 Å². The maximum absolute atomic E-state index is 15.0. The van der Waals surface area contributed by atoms with Gasteiger partial charge in [0.05, 0.1) is 11.3 Å². The molecule has 2 aromatic heterocycles. The zero-order valence-corrected chi connectivity index (χ0v) is 28.9. The number of alkyl halides is 1. The number of anilines is 1. The first-order chi connectivity index (χ1) is 25.4. The number of aromatic amines is 1. The summed E-state index contributed by atoms with van der Waals surface area (Å²) in [6, 6.07) is 17.7. The lowest BCUT2D eigenvalue weighted by Crippen LogP contribution is -2.52. The van der Waals surface area contributed by atoms with Crippen LogP contribution in [0.5, 0.6) is 0 Å². The molecule has 12 nitrogen and oxygen atoms in total. The maximum atomic E-state index is 15.0. The molecular formula is C37H31BF2N6O6S. The Morgan fingerprint density at radius 2 is 1.79 bits per heavy atom. The molecule has 5 heterocycles. The van der Waals surface area contributed by atoms with Crippen LogP contribution in [0.15, 0.2) is 79.1 Å². The van der Waals surface area contributed by atoms with Crippen molar-refractivity contribution in [3.63, 3.8) is 0 Å². The number of nitrogens with zero attached hydrogens (tertiary/aromatic N) is 3. The Hall–Kier alpha value is -5.74.